The van der Waals surface area contributed by atoms with E-state index < -0.39 is 27.6 Å². The van der Waals surface area contributed by atoms with Gasteiger partial charge in [0.1, 0.15) is 5.78 Å². The van der Waals surface area contributed by atoms with Gasteiger partial charge in [-0.3, -0.25) is 8.98 Å². The zero-order valence-electron chi connectivity index (χ0n) is 13.9. The number of benzene rings is 1. The number of fused-ring (bicyclic) bond motifs is 2. The first-order valence-corrected chi connectivity index (χ1v) is 10.2. The number of hydrogen-bond acceptors (Lipinski definition) is 4. The molecule has 0 saturated heterocycles. The first kappa shape index (κ1) is 17.8. The van der Waals surface area contributed by atoms with Gasteiger partial charge in [-0.1, -0.05) is 41.9 Å². The molecule has 4 nitrogen and oxygen atoms in total. The molecule has 0 heterocycles. The molecule has 2 aliphatic carbocycles. The van der Waals surface area contributed by atoms with E-state index in [1.54, 1.807) is 19.1 Å². The SMILES string of the molecule is CC(OS(=O)(=O)c1ccc(Br)cc1)[C@H]1C(=O)C(C)(C)[C@@H]2C=C[C@H]1C2. The van der Waals surface area contributed by atoms with E-state index in [1.165, 1.54) is 12.1 Å². The van der Waals surface area contributed by atoms with Gasteiger partial charge in [-0.05, 0) is 49.4 Å². The van der Waals surface area contributed by atoms with E-state index in [2.05, 4.69) is 22.0 Å². The van der Waals surface area contributed by atoms with Crippen molar-refractivity contribution in [3.63, 3.8) is 0 Å². The minimum atomic E-state index is -3.90. The smallest absolute Gasteiger partial charge is 0.297 e. The van der Waals surface area contributed by atoms with Gasteiger partial charge in [0.15, 0.2) is 0 Å². The maximum Gasteiger partial charge on any atom is 0.297 e. The molecule has 4 atom stereocenters. The lowest BCUT2D eigenvalue weighted by Crippen LogP contribution is -2.47. The molecule has 0 spiro atoms. The summed E-state index contributed by atoms with van der Waals surface area (Å²) in [5.74, 6) is -0.0420. The van der Waals surface area contributed by atoms with E-state index in [9.17, 15) is 13.2 Å². The minimum Gasteiger partial charge on any atom is -0.299 e. The third-order valence-corrected chi connectivity index (χ3v) is 7.26. The molecule has 0 aliphatic heterocycles. The highest BCUT2D eigenvalue weighted by Gasteiger charge is 2.52. The Morgan fingerprint density at radius 1 is 1.21 bits per heavy atom. The molecule has 0 amide bonds. The Kier molecular flexibility index (Phi) is 4.51. The molecular formula is C18H21BrO4S. The maximum atomic E-state index is 12.9. The molecule has 1 aromatic rings. The molecule has 1 fully saturated rings. The summed E-state index contributed by atoms with van der Waals surface area (Å²) in [7, 11) is -3.90. The Morgan fingerprint density at radius 2 is 1.83 bits per heavy atom. The Labute approximate surface area is 151 Å². The molecule has 1 unspecified atom stereocenters. The summed E-state index contributed by atoms with van der Waals surface area (Å²) in [6.45, 7) is 5.56. The Hall–Kier alpha value is -0.980. The first-order chi connectivity index (χ1) is 11.1. The second kappa shape index (κ2) is 6.07. The van der Waals surface area contributed by atoms with Crippen LogP contribution in [-0.4, -0.2) is 20.3 Å². The van der Waals surface area contributed by atoms with Crippen LogP contribution in [0.25, 0.3) is 0 Å². The van der Waals surface area contributed by atoms with E-state index in [-0.39, 0.29) is 22.5 Å². The summed E-state index contributed by atoms with van der Waals surface area (Å²) in [6.07, 6.45) is 4.33. The third-order valence-electron chi connectivity index (χ3n) is 5.33. The molecule has 0 radical (unpaired) electrons. The molecule has 130 valence electrons. The van der Waals surface area contributed by atoms with Gasteiger partial charge in [0.25, 0.3) is 10.1 Å². The fourth-order valence-corrected chi connectivity index (χ4v) is 5.18. The van der Waals surface area contributed by atoms with Crippen molar-refractivity contribution in [1.82, 2.24) is 0 Å². The predicted octanol–water partition coefficient (Wildman–Crippen LogP) is 3.96. The lowest BCUT2D eigenvalue weighted by atomic mass is 9.62. The van der Waals surface area contributed by atoms with Gasteiger partial charge in [-0.15, -0.1) is 0 Å². The summed E-state index contributed by atoms with van der Waals surface area (Å²) in [4.78, 5) is 13.0. The summed E-state index contributed by atoms with van der Waals surface area (Å²) in [5, 5.41) is 0. The van der Waals surface area contributed by atoms with E-state index >= 15 is 0 Å². The average molecular weight is 413 g/mol. The molecular weight excluding hydrogens is 392 g/mol. The van der Waals surface area contributed by atoms with E-state index in [0.29, 0.717) is 0 Å². The zero-order valence-corrected chi connectivity index (χ0v) is 16.3. The number of Topliss-reactive ketones (excluding diaryl/α,β-unsaturated/α-hetero) is 1. The zero-order chi connectivity index (χ0) is 17.7. The lowest BCUT2D eigenvalue weighted by Gasteiger charge is -2.41. The van der Waals surface area contributed by atoms with Crippen molar-refractivity contribution in [2.24, 2.45) is 23.2 Å². The average Bonchev–Trinajstić information content (AvgIpc) is 2.93. The number of ketones is 1. The van der Waals surface area contributed by atoms with Crippen LogP contribution < -0.4 is 0 Å². The minimum absolute atomic E-state index is 0.0608. The maximum absolute atomic E-state index is 12.9. The summed E-state index contributed by atoms with van der Waals surface area (Å²) < 4.78 is 31.2. The number of allylic oxidation sites excluding steroid dienone is 2. The van der Waals surface area contributed by atoms with Crippen LogP contribution in [0, 0.1) is 23.2 Å². The van der Waals surface area contributed by atoms with Crippen LogP contribution in [0.2, 0.25) is 0 Å². The van der Waals surface area contributed by atoms with Gasteiger partial charge in [0.05, 0.1) is 16.9 Å². The highest BCUT2D eigenvalue weighted by molar-refractivity contribution is 9.10. The van der Waals surface area contributed by atoms with Crippen LogP contribution in [0.1, 0.15) is 27.2 Å². The van der Waals surface area contributed by atoms with Gasteiger partial charge in [-0.2, -0.15) is 8.42 Å². The predicted molar refractivity (Wildman–Crippen MR) is 94.9 cm³/mol. The number of hydrogen-bond donors (Lipinski definition) is 0. The number of carbonyl (C=O) groups is 1. The molecule has 1 saturated carbocycles. The largest absolute Gasteiger partial charge is 0.299 e. The molecule has 24 heavy (non-hydrogen) atoms. The van der Waals surface area contributed by atoms with Crippen LogP contribution in [0.5, 0.6) is 0 Å². The summed E-state index contributed by atoms with van der Waals surface area (Å²) in [6, 6.07) is 6.29. The van der Waals surface area contributed by atoms with Gasteiger partial charge < -0.3 is 0 Å². The van der Waals surface area contributed by atoms with Crippen molar-refractivity contribution in [2.75, 3.05) is 0 Å². The van der Waals surface area contributed by atoms with E-state index in [1.807, 2.05) is 19.9 Å². The Morgan fingerprint density at radius 3 is 2.46 bits per heavy atom. The van der Waals surface area contributed by atoms with Crippen molar-refractivity contribution < 1.29 is 17.4 Å². The monoisotopic (exact) mass is 412 g/mol. The topological polar surface area (TPSA) is 60.4 Å². The quantitative estimate of drug-likeness (QED) is 0.554. The van der Waals surface area contributed by atoms with Crippen LogP contribution >= 0.6 is 15.9 Å². The molecule has 2 aliphatic rings. The highest BCUT2D eigenvalue weighted by atomic mass is 79.9. The van der Waals surface area contributed by atoms with Crippen LogP contribution in [-0.2, 0) is 19.1 Å². The van der Waals surface area contributed by atoms with Crippen molar-refractivity contribution in [1.29, 1.82) is 0 Å². The van der Waals surface area contributed by atoms with Gasteiger partial charge in [-0.25, -0.2) is 0 Å². The molecule has 6 heteroatoms. The second-order valence-corrected chi connectivity index (χ2v) is 9.70. The Balaban J connectivity index is 1.84. The van der Waals surface area contributed by atoms with Crippen molar-refractivity contribution in [2.45, 2.75) is 38.2 Å². The Bertz CT molecular complexity index is 780. The lowest BCUT2D eigenvalue weighted by molar-refractivity contribution is -0.141. The van der Waals surface area contributed by atoms with Crippen LogP contribution in [0.15, 0.2) is 45.8 Å². The number of carbonyl (C=O) groups excluding carboxylic acids is 1. The third kappa shape index (κ3) is 3.00. The van der Waals surface area contributed by atoms with Crippen molar-refractivity contribution in [3.8, 4) is 0 Å². The summed E-state index contributed by atoms with van der Waals surface area (Å²) >= 11 is 3.28. The molecule has 2 bridgehead atoms. The van der Waals surface area contributed by atoms with Crippen LogP contribution in [0.3, 0.4) is 0 Å². The molecule has 3 rings (SSSR count). The fourth-order valence-electron chi connectivity index (χ4n) is 3.81. The second-order valence-electron chi connectivity index (χ2n) is 7.21. The normalized spacial score (nSPS) is 29.7. The molecule has 1 aromatic carbocycles. The van der Waals surface area contributed by atoms with Gasteiger partial charge in [0, 0.05) is 9.89 Å². The van der Waals surface area contributed by atoms with Gasteiger partial charge >= 0.3 is 0 Å². The van der Waals surface area contributed by atoms with Crippen molar-refractivity contribution in [3.05, 3.63) is 40.9 Å². The molecule has 0 N–H and O–H groups in total. The van der Waals surface area contributed by atoms with E-state index in [4.69, 9.17) is 4.18 Å². The standard InChI is InChI=1S/C18H21BrO4S/c1-11(23-24(21,22)15-8-6-14(19)7-9-15)16-12-4-5-13(10-12)18(2,3)17(16)20/h4-9,11-13,16H,10H2,1-3H3/t11?,12-,13+,16+/m0/s1. The molecule has 0 aromatic heterocycles. The highest BCUT2D eigenvalue weighted by Crippen LogP contribution is 2.50. The fraction of sp³-hybridized carbons (Fsp3) is 0.500. The summed E-state index contributed by atoms with van der Waals surface area (Å²) in [5.41, 5.74) is -0.479. The van der Waals surface area contributed by atoms with E-state index in [0.717, 1.165) is 10.9 Å². The van der Waals surface area contributed by atoms with Crippen molar-refractivity contribution >= 4 is 31.8 Å². The number of halogens is 1. The van der Waals surface area contributed by atoms with Crippen LogP contribution in [0.4, 0.5) is 0 Å². The van der Waals surface area contributed by atoms with Gasteiger partial charge in [0.2, 0.25) is 0 Å². The first-order valence-electron chi connectivity index (χ1n) is 8.04. The number of rotatable bonds is 4.